The number of rotatable bonds is 4. The van der Waals surface area contributed by atoms with Crippen molar-refractivity contribution in [3.05, 3.63) is 33.9 Å². The van der Waals surface area contributed by atoms with E-state index in [1.165, 1.54) is 19.2 Å². The second-order valence-corrected chi connectivity index (χ2v) is 3.20. The number of nitro groups is 1. The molecule has 7 nitrogen and oxygen atoms in total. The number of hydrogen-bond donors (Lipinski definition) is 1. The molecule has 2 N–H and O–H groups in total. The molecule has 0 saturated heterocycles. The summed E-state index contributed by atoms with van der Waals surface area (Å²) in [5.74, 6) is 0. The van der Waals surface area contributed by atoms with Crippen molar-refractivity contribution in [2.75, 3.05) is 19.5 Å². The van der Waals surface area contributed by atoms with Crippen LogP contribution in [0, 0.1) is 10.1 Å². The summed E-state index contributed by atoms with van der Waals surface area (Å²) in [4.78, 5) is 20.7. The summed E-state index contributed by atoms with van der Waals surface area (Å²) < 4.78 is 8.94. The number of nitrogens with two attached hydrogens (primary N) is 1. The normalized spacial score (nSPS) is 9.71. The van der Waals surface area contributed by atoms with Gasteiger partial charge in [-0.25, -0.2) is 4.79 Å². The van der Waals surface area contributed by atoms with Crippen LogP contribution in [0.4, 0.5) is 16.2 Å². The van der Waals surface area contributed by atoms with Gasteiger partial charge in [-0.2, -0.15) is 0 Å². The monoisotopic (exact) mass is 240 g/mol. The first-order valence-corrected chi connectivity index (χ1v) is 4.78. The molecule has 0 atom stereocenters. The van der Waals surface area contributed by atoms with Gasteiger partial charge in [0.05, 0.1) is 18.6 Å². The van der Waals surface area contributed by atoms with E-state index >= 15 is 0 Å². The minimum atomic E-state index is -0.782. The second-order valence-electron chi connectivity index (χ2n) is 3.20. The predicted molar refractivity (Wildman–Crippen MR) is 59.6 cm³/mol. The zero-order valence-corrected chi connectivity index (χ0v) is 9.21. The SMILES string of the molecule is COC(=O)OCCc1ccc(N)c([N+](=O)[O-])c1. The van der Waals surface area contributed by atoms with Gasteiger partial charge in [-0.15, -0.1) is 0 Å². The Balaban J connectivity index is 2.63. The highest BCUT2D eigenvalue weighted by atomic mass is 16.7. The van der Waals surface area contributed by atoms with E-state index in [1.807, 2.05) is 0 Å². The maximum atomic E-state index is 10.7. The lowest BCUT2D eigenvalue weighted by molar-refractivity contribution is -0.384. The highest BCUT2D eigenvalue weighted by molar-refractivity contribution is 5.60. The average Bonchev–Trinajstić information content (AvgIpc) is 2.30. The molecule has 0 bridgehead atoms. The second kappa shape index (κ2) is 5.69. The molecule has 1 aromatic rings. The van der Waals surface area contributed by atoms with E-state index in [1.54, 1.807) is 6.07 Å². The van der Waals surface area contributed by atoms with E-state index in [0.29, 0.717) is 12.0 Å². The van der Waals surface area contributed by atoms with Gasteiger partial charge in [0.25, 0.3) is 5.69 Å². The molecule has 0 unspecified atom stereocenters. The molecule has 0 aliphatic heterocycles. The van der Waals surface area contributed by atoms with E-state index in [0.717, 1.165) is 0 Å². The molecular weight excluding hydrogens is 228 g/mol. The van der Waals surface area contributed by atoms with E-state index in [2.05, 4.69) is 9.47 Å². The molecule has 0 amide bonds. The lowest BCUT2D eigenvalue weighted by Crippen LogP contribution is -2.07. The van der Waals surface area contributed by atoms with Crippen LogP contribution in [0.2, 0.25) is 0 Å². The Kier molecular flexibility index (Phi) is 4.27. The molecule has 1 rings (SSSR count). The van der Waals surface area contributed by atoms with Crippen molar-refractivity contribution >= 4 is 17.5 Å². The molecule has 0 saturated carbocycles. The third-order valence-corrected chi connectivity index (χ3v) is 2.07. The Hall–Kier alpha value is -2.31. The minimum Gasteiger partial charge on any atom is -0.438 e. The van der Waals surface area contributed by atoms with Crippen LogP contribution in [0.1, 0.15) is 5.56 Å². The van der Waals surface area contributed by atoms with Gasteiger partial charge in [-0.05, 0) is 11.6 Å². The molecule has 0 aliphatic carbocycles. The van der Waals surface area contributed by atoms with E-state index in [-0.39, 0.29) is 18.0 Å². The van der Waals surface area contributed by atoms with Crippen LogP contribution in [0.15, 0.2) is 18.2 Å². The van der Waals surface area contributed by atoms with Gasteiger partial charge >= 0.3 is 6.16 Å². The molecule has 0 radical (unpaired) electrons. The molecule has 0 fully saturated rings. The highest BCUT2D eigenvalue weighted by Crippen LogP contribution is 2.22. The number of nitrogen functional groups attached to an aromatic ring is 1. The molecule has 92 valence electrons. The Morgan fingerprint density at radius 3 is 2.82 bits per heavy atom. The Bertz CT molecular complexity index is 433. The fraction of sp³-hybridized carbons (Fsp3) is 0.300. The first-order valence-electron chi connectivity index (χ1n) is 4.78. The van der Waals surface area contributed by atoms with Crippen LogP contribution in [-0.2, 0) is 15.9 Å². The summed E-state index contributed by atoms with van der Waals surface area (Å²) in [6.07, 6.45) is -0.425. The van der Waals surface area contributed by atoms with Gasteiger partial charge in [0, 0.05) is 12.5 Å². The number of nitrogens with zero attached hydrogens (tertiary/aromatic N) is 1. The predicted octanol–water partition coefficient (Wildman–Crippen LogP) is 1.50. The number of benzene rings is 1. The van der Waals surface area contributed by atoms with Crippen molar-refractivity contribution in [3.63, 3.8) is 0 Å². The lowest BCUT2D eigenvalue weighted by Gasteiger charge is -2.04. The van der Waals surface area contributed by atoms with Crippen LogP contribution in [-0.4, -0.2) is 24.8 Å². The quantitative estimate of drug-likeness (QED) is 0.370. The minimum absolute atomic E-state index is 0.0910. The number of carbonyl (C=O) groups excluding carboxylic acids is 1. The summed E-state index contributed by atoms with van der Waals surface area (Å²) in [5, 5.41) is 10.6. The Labute approximate surface area is 97.3 Å². The first-order chi connectivity index (χ1) is 8.04. The largest absolute Gasteiger partial charge is 0.507 e. The Morgan fingerprint density at radius 1 is 1.53 bits per heavy atom. The lowest BCUT2D eigenvalue weighted by atomic mass is 10.1. The van der Waals surface area contributed by atoms with E-state index in [9.17, 15) is 14.9 Å². The number of methoxy groups -OCH3 is 1. The van der Waals surface area contributed by atoms with Crippen LogP contribution in [0.5, 0.6) is 0 Å². The zero-order valence-electron chi connectivity index (χ0n) is 9.21. The standard InChI is InChI=1S/C10H12N2O5/c1-16-10(13)17-5-4-7-2-3-8(11)9(6-7)12(14)15/h2-3,6H,4-5,11H2,1H3. The molecular formula is C10H12N2O5. The Morgan fingerprint density at radius 2 is 2.24 bits per heavy atom. The summed E-state index contributed by atoms with van der Waals surface area (Å²) >= 11 is 0. The topological polar surface area (TPSA) is 105 Å². The van der Waals surface area contributed by atoms with Crippen LogP contribution in [0.3, 0.4) is 0 Å². The van der Waals surface area contributed by atoms with E-state index in [4.69, 9.17) is 5.73 Å². The van der Waals surface area contributed by atoms with Crippen molar-refractivity contribution in [1.29, 1.82) is 0 Å². The molecule has 0 aromatic heterocycles. The van der Waals surface area contributed by atoms with Gasteiger partial charge < -0.3 is 15.2 Å². The number of nitro benzene ring substituents is 1. The van der Waals surface area contributed by atoms with E-state index < -0.39 is 11.1 Å². The maximum absolute atomic E-state index is 10.7. The zero-order chi connectivity index (χ0) is 12.8. The summed E-state index contributed by atoms with van der Waals surface area (Å²) in [6, 6.07) is 4.45. The van der Waals surface area contributed by atoms with Crippen molar-refractivity contribution in [3.8, 4) is 0 Å². The summed E-state index contributed by atoms with van der Waals surface area (Å²) in [5.41, 5.74) is 6.06. The number of carbonyl (C=O) groups is 1. The fourth-order valence-electron chi connectivity index (χ4n) is 1.21. The first kappa shape index (κ1) is 12.8. The van der Waals surface area contributed by atoms with Crippen LogP contribution in [0.25, 0.3) is 0 Å². The van der Waals surface area contributed by atoms with Gasteiger partial charge in [0.2, 0.25) is 0 Å². The molecule has 0 heterocycles. The van der Waals surface area contributed by atoms with Gasteiger partial charge in [-0.1, -0.05) is 6.07 Å². The van der Waals surface area contributed by atoms with Crippen molar-refractivity contribution in [2.24, 2.45) is 0 Å². The molecule has 17 heavy (non-hydrogen) atoms. The van der Waals surface area contributed by atoms with Crippen molar-refractivity contribution in [2.45, 2.75) is 6.42 Å². The summed E-state index contributed by atoms with van der Waals surface area (Å²) in [7, 11) is 1.20. The van der Waals surface area contributed by atoms with Gasteiger partial charge in [-0.3, -0.25) is 10.1 Å². The van der Waals surface area contributed by atoms with Crippen LogP contribution >= 0.6 is 0 Å². The molecule has 7 heteroatoms. The van der Waals surface area contributed by atoms with Crippen LogP contribution < -0.4 is 5.73 Å². The summed E-state index contributed by atoms with van der Waals surface area (Å²) in [6.45, 7) is 0.0910. The molecule has 0 aliphatic rings. The third-order valence-electron chi connectivity index (χ3n) is 2.07. The third kappa shape index (κ3) is 3.63. The van der Waals surface area contributed by atoms with Gasteiger partial charge in [0.1, 0.15) is 5.69 Å². The smallest absolute Gasteiger partial charge is 0.438 e. The molecule has 0 spiro atoms. The van der Waals surface area contributed by atoms with Crippen molar-refractivity contribution in [1.82, 2.24) is 0 Å². The molecule has 1 aromatic carbocycles. The highest BCUT2D eigenvalue weighted by Gasteiger charge is 2.12. The van der Waals surface area contributed by atoms with Gasteiger partial charge in [0.15, 0.2) is 0 Å². The maximum Gasteiger partial charge on any atom is 0.507 e. The number of anilines is 1. The number of ether oxygens (including phenoxy) is 2. The van der Waals surface area contributed by atoms with Crippen molar-refractivity contribution < 1.29 is 19.2 Å². The number of hydrogen-bond acceptors (Lipinski definition) is 6. The average molecular weight is 240 g/mol. The fourth-order valence-corrected chi connectivity index (χ4v) is 1.21.